The highest BCUT2D eigenvalue weighted by molar-refractivity contribution is 7.40. The summed E-state index contributed by atoms with van der Waals surface area (Å²) in [5, 5.41) is 5.89. The van der Waals surface area contributed by atoms with Gasteiger partial charge in [0.1, 0.15) is 0 Å². The molecule has 0 radical (unpaired) electrons. The maximum atomic E-state index is 8.50. The zero-order valence-electron chi connectivity index (χ0n) is 41.9. The quantitative estimate of drug-likeness (QED) is 0.0753. The molecular weight excluding hydrogens is 908 g/mol. The highest BCUT2D eigenvalue weighted by atomic mass is 35.6. The summed E-state index contributed by atoms with van der Waals surface area (Å²) in [5.74, 6) is 0. The summed E-state index contributed by atoms with van der Waals surface area (Å²) in [6.07, 6.45) is 0. The van der Waals surface area contributed by atoms with Gasteiger partial charge in [-0.05, 0) is 114 Å². The number of benzene rings is 10. The van der Waals surface area contributed by atoms with Crippen LogP contribution >= 0.6 is 11.1 Å². The van der Waals surface area contributed by atoms with E-state index in [1.165, 1.54) is 32.9 Å². The highest BCUT2D eigenvalue weighted by Gasteiger charge is 2.39. The number of hydrogen-bond donors (Lipinski definition) is 0. The van der Waals surface area contributed by atoms with Gasteiger partial charge in [-0.1, -0.05) is 236 Å². The average molecular weight is 968 g/mol. The molecule has 0 fully saturated rings. The molecule has 0 atom stereocenters. The molecule has 11 rings (SSSR count). The zero-order chi connectivity index (χ0) is 49.6. The third-order valence-corrected chi connectivity index (χ3v) is 19.6. The van der Waals surface area contributed by atoms with E-state index in [-0.39, 0.29) is 10.8 Å². The number of halogens is 1. The summed E-state index contributed by atoms with van der Waals surface area (Å²) < 4.78 is 2.47. The highest BCUT2D eigenvalue weighted by Crippen LogP contribution is 2.48. The van der Waals surface area contributed by atoms with Gasteiger partial charge in [0, 0.05) is 39.0 Å². The lowest BCUT2D eigenvalue weighted by Gasteiger charge is -2.33. The normalized spacial score (nSPS) is 12.1. The van der Waals surface area contributed by atoms with E-state index in [2.05, 4.69) is 300 Å². The monoisotopic (exact) mass is 966 g/mol. The van der Waals surface area contributed by atoms with E-state index < -0.39 is 7.38 Å². The van der Waals surface area contributed by atoms with E-state index >= 15 is 0 Å². The predicted molar refractivity (Wildman–Crippen MR) is 313 cm³/mol. The van der Waals surface area contributed by atoms with Gasteiger partial charge in [-0.3, -0.25) is 0 Å². The Hall–Kier alpha value is -7.69. The van der Waals surface area contributed by atoms with Crippen molar-refractivity contribution >= 4 is 72.9 Å². The van der Waals surface area contributed by atoms with Crippen molar-refractivity contribution in [3.63, 3.8) is 0 Å². The number of fused-ring (bicyclic) bond motifs is 3. The summed E-state index contributed by atoms with van der Waals surface area (Å²) >= 11 is 8.50. The zero-order valence-corrected chi connectivity index (χ0v) is 43.7. The van der Waals surface area contributed by atoms with Crippen LogP contribution in [0.1, 0.15) is 52.7 Å². The van der Waals surface area contributed by atoms with E-state index in [0.29, 0.717) is 0 Å². The maximum Gasteiger partial charge on any atom is 0.248 e. The number of nitrogens with zero attached hydrogens (tertiary/aromatic N) is 2. The van der Waals surface area contributed by atoms with Crippen molar-refractivity contribution in [1.82, 2.24) is 4.57 Å². The SMILES string of the molecule is CC(C)(C)c1ccc2c(c1)c1cc(C(C)(C)C)ccc1n2-c1cccc(N(c2cc(-c3ccccc3)cc([Si](Cl)(c3ccccc3)c3ccccc3)c2)c2c(-c3ccccc3)cccc2-c2ccccc2)c1. The van der Waals surface area contributed by atoms with Crippen molar-refractivity contribution in [2.75, 3.05) is 4.90 Å². The molecule has 0 bridgehead atoms. The first kappa shape index (κ1) is 46.7. The van der Waals surface area contributed by atoms with Gasteiger partial charge in [0.05, 0.1) is 16.7 Å². The molecular formula is C68H59ClN2Si. The van der Waals surface area contributed by atoms with Crippen LogP contribution in [0, 0.1) is 0 Å². The van der Waals surface area contributed by atoms with Crippen LogP contribution in [0.15, 0.2) is 249 Å². The largest absolute Gasteiger partial charge is 0.309 e. The Balaban J connectivity index is 1.25. The standard InChI is InChI=1S/C68H59ClN2Si/c1-67(2,3)52-38-40-64-62(44-52)63-45-53(68(4,5)6)39-41-65(63)71(64)55-31-22-30-54(46-55)70(66-60(49-26-14-8-15-27-49)36-23-37-61(66)50-28-16-9-17-29-50)56-42-51(48-24-12-7-13-25-48)43-59(47-56)72(69,57-32-18-10-19-33-57)58-34-20-11-21-35-58/h7-47H,1-6H3. The molecule has 0 aliphatic carbocycles. The van der Waals surface area contributed by atoms with Crippen molar-refractivity contribution in [2.24, 2.45) is 0 Å². The van der Waals surface area contributed by atoms with Gasteiger partial charge in [-0.25, -0.2) is 0 Å². The van der Waals surface area contributed by atoms with Crippen molar-refractivity contribution in [1.29, 1.82) is 0 Å². The third kappa shape index (κ3) is 8.67. The Labute approximate surface area is 431 Å². The van der Waals surface area contributed by atoms with Gasteiger partial charge in [-0.15, -0.1) is 11.1 Å². The predicted octanol–water partition coefficient (Wildman–Crippen LogP) is 17.1. The van der Waals surface area contributed by atoms with Crippen LogP contribution in [0.2, 0.25) is 0 Å². The lowest BCUT2D eigenvalue weighted by Crippen LogP contribution is -2.62. The Morgan fingerprint density at radius 1 is 0.361 bits per heavy atom. The molecule has 1 heterocycles. The number of para-hydroxylation sites is 1. The Morgan fingerprint density at radius 3 is 1.28 bits per heavy atom. The van der Waals surface area contributed by atoms with Crippen LogP contribution in [0.5, 0.6) is 0 Å². The second kappa shape index (κ2) is 18.8. The minimum absolute atomic E-state index is 0.00902. The maximum absolute atomic E-state index is 8.50. The molecule has 10 aromatic carbocycles. The van der Waals surface area contributed by atoms with Crippen LogP contribution in [0.3, 0.4) is 0 Å². The Kier molecular flexibility index (Phi) is 12.2. The van der Waals surface area contributed by atoms with Gasteiger partial charge in [-0.2, -0.15) is 0 Å². The molecule has 0 aliphatic rings. The Bertz CT molecular complexity index is 3530. The van der Waals surface area contributed by atoms with Gasteiger partial charge in [0.2, 0.25) is 7.38 Å². The van der Waals surface area contributed by atoms with Gasteiger partial charge < -0.3 is 9.47 Å². The average Bonchev–Trinajstić information content (AvgIpc) is 3.75. The molecule has 72 heavy (non-hydrogen) atoms. The number of anilines is 3. The van der Waals surface area contributed by atoms with E-state index in [4.69, 9.17) is 11.1 Å². The molecule has 1 aromatic heterocycles. The molecule has 2 nitrogen and oxygen atoms in total. The molecule has 0 amide bonds. The fourth-order valence-corrected chi connectivity index (χ4v) is 14.6. The molecule has 4 heteroatoms. The molecule has 0 saturated heterocycles. The van der Waals surface area contributed by atoms with Gasteiger partial charge in [0.25, 0.3) is 0 Å². The van der Waals surface area contributed by atoms with Crippen molar-refractivity contribution in [3.8, 4) is 39.1 Å². The summed E-state index contributed by atoms with van der Waals surface area (Å²) in [6.45, 7) is 13.8. The van der Waals surface area contributed by atoms with Crippen LogP contribution in [-0.2, 0) is 10.8 Å². The Morgan fingerprint density at radius 2 is 0.806 bits per heavy atom. The molecule has 0 spiro atoms. The smallest absolute Gasteiger partial charge is 0.248 e. The van der Waals surface area contributed by atoms with Crippen molar-refractivity contribution in [2.45, 2.75) is 52.4 Å². The number of aromatic nitrogens is 1. The molecule has 11 aromatic rings. The summed E-state index contributed by atoms with van der Waals surface area (Å²) in [5.41, 5.74) is 15.9. The minimum Gasteiger partial charge on any atom is -0.309 e. The number of hydrogen-bond acceptors (Lipinski definition) is 1. The second-order valence-corrected chi connectivity index (χ2v) is 25.9. The lowest BCUT2D eigenvalue weighted by atomic mass is 9.85. The molecule has 0 saturated carbocycles. The second-order valence-electron chi connectivity index (χ2n) is 21.1. The van der Waals surface area contributed by atoms with E-state index in [1.54, 1.807) is 0 Å². The van der Waals surface area contributed by atoms with Crippen molar-refractivity contribution in [3.05, 3.63) is 260 Å². The first-order chi connectivity index (χ1) is 34.9. The number of rotatable bonds is 10. The molecule has 0 N–H and O–H groups in total. The van der Waals surface area contributed by atoms with E-state index in [1.807, 2.05) is 0 Å². The van der Waals surface area contributed by atoms with E-state index in [0.717, 1.165) is 71.7 Å². The van der Waals surface area contributed by atoms with E-state index in [9.17, 15) is 0 Å². The van der Waals surface area contributed by atoms with Crippen LogP contribution in [0.4, 0.5) is 17.1 Å². The minimum atomic E-state index is -3.19. The summed E-state index contributed by atoms with van der Waals surface area (Å²) in [4.78, 5) is 2.51. The van der Waals surface area contributed by atoms with Crippen LogP contribution < -0.4 is 20.5 Å². The van der Waals surface area contributed by atoms with Gasteiger partial charge >= 0.3 is 0 Å². The molecule has 0 unspecified atom stereocenters. The first-order valence-electron chi connectivity index (χ1n) is 25.1. The third-order valence-electron chi connectivity index (χ3n) is 14.3. The summed E-state index contributed by atoms with van der Waals surface area (Å²) in [6, 6.07) is 91.1. The fourth-order valence-electron chi connectivity index (χ4n) is 10.5. The fraction of sp³-hybridized carbons (Fsp3) is 0.118. The topological polar surface area (TPSA) is 8.17 Å². The molecule has 352 valence electrons. The lowest BCUT2D eigenvalue weighted by molar-refractivity contribution is 0.590. The summed E-state index contributed by atoms with van der Waals surface area (Å²) in [7, 11) is -3.19. The first-order valence-corrected chi connectivity index (χ1v) is 28.1. The van der Waals surface area contributed by atoms with Crippen molar-refractivity contribution < 1.29 is 0 Å². The van der Waals surface area contributed by atoms with Crippen LogP contribution in [0.25, 0.3) is 60.9 Å². The molecule has 0 aliphatic heterocycles. The van der Waals surface area contributed by atoms with Gasteiger partial charge in [0.15, 0.2) is 0 Å². The van der Waals surface area contributed by atoms with Crippen LogP contribution in [-0.4, -0.2) is 12.0 Å².